The minimum Gasteiger partial charge on any atom is -0.497 e. The van der Waals surface area contributed by atoms with E-state index >= 15 is 0 Å². The number of nitrogens with one attached hydrogen (secondary N) is 1. The minimum atomic E-state index is 0.288. The minimum absolute atomic E-state index is 0.288. The summed E-state index contributed by atoms with van der Waals surface area (Å²) in [6.07, 6.45) is 2.58. The number of nitrogens with zero attached hydrogens (tertiary/aromatic N) is 2. The monoisotopic (exact) mass is 259 g/mol. The number of hydrogen-bond donors (Lipinski definition) is 1. The Morgan fingerprint density at radius 3 is 2.53 bits per heavy atom. The third-order valence-electron chi connectivity index (χ3n) is 3.90. The predicted octanol–water partition coefficient (Wildman–Crippen LogP) is 1.83. The van der Waals surface area contributed by atoms with Crippen LogP contribution < -0.4 is 10.1 Å². The summed E-state index contributed by atoms with van der Waals surface area (Å²) < 4.78 is 5.24. The molecule has 1 N–H and O–H groups in total. The fourth-order valence-electron chi connectivity index (χ4n) is 2.93. The van der Waals surface area contributed by atoms with E-state index in [0.717, 1.165) is 37.8 Å². The summed E-state index contributed by atoms with van der Waals surface area (Å²) in [5, 5.41) is 3.44. The number of methoxy groups -OCH3 is 1. The van der Waals surface area contributed by atoms with E-state index < -0.39 is 0 Å². The van der Waals surface area contributed by atoms with E-state index in [1.807, 2.05) is 12.1 Å². The van der Waals surface area contributed by atoms with Gasteiger partial charge in [-0.15, -0.1) is 0 Å². The average molecular weight is 259 g/mol. The van der Waals surface area contributed by atoms with Crippen molar-refractivity contribution in [1.29, 1.82) is 0 Å². The molecule has 1 aromatic rings. The highest BCUT2D eigenvalue weighted by molar-refractivity contribution is 5.89. The van der Waals surface area contributed by atoms with E-state index in [1.54, 1.807) is 7.11 Å². The van der Waals surface area contributed by atoms with Gasteiger partial charge in [-0.2, -0.15) is 0 Å². The largest absolute Gasteiger partial charge is 0.497 e. The van der Waals surface area contributed by atoms with Gasteiger partial charge < -0.3 is 10.1 Å². The van der Waals surface area contributed by atoms with Crippen molar-refractivity contribution in [3.05, 3.63) is 29.8 Å². The van der Waals surface area contributed by atoms with E-state index in [2.05, 4.69) is 27.3 Å². The second-order valence-corrected chi connectivity index (χ2v) is 5.11. The van der Waals surface area contributed by atoms with Gasteiger partial charge in [-0.25, -0.2) is 0 Å². The molecule has 2 aliphatic heterocycles. The second-order valence-electron chi connectivity index (χ2n) is 5.11. The van der Waals surface area contributed by atoms with E-state index in [0.29, 0.717) is 0 Å². The number of hydrogen-bond acceptors (Lipinski definition) is 4. The van der Waals surface area contributed by atoms with Crippen LogP contribution in [0.2, 0.25) is 0 Å². The van der Waals surface area contributed by atoms with E-state index in [4.69, 9.17) is 4.74 Å². The Hall–Kier alpha value is -1.55. The molecule has 102 valence electrons. The van der Waals surface area contributed by atoms with Crippen molar-refractivity contribution in [1.82, 2.24) is 10.2 Å². The highest BCUT2D eigenvalue weighted by Crippen LogP contribution is 2.28. The molecule has 0 radical (unpaired) electrons. The van der Waals surface area contributed by atoms with E-state index in [-0.39, 0.29) is 6.04 Å². The Bertz CT molecular complexity index is 449. The Morgan fingerprint density at radius 1 is 1.21 bits per heavy atom. The molecule has 1 atom stereocenters. The van der Waals surface area contributed by atoms with Gasteiger partial charge in [0, 0.05) is 6.54 Å². The Balaban J connectivity index is 1.88. The molecule has 0 aliphatic carbocycles. The van der Waals surface area contributed by atoms with Gasteiger partial charge in [0.25, 0.3) is 0 Å². The molecule has 0 aromatic heterocycles. The van der Waals surface area contributed by atoms with Crippen LogP contribution in [0.1, 0.15) is 24.4 Å². The van der Waals surface area contributed by atoms with Crippen molar-refractivity contribution in [3.8, 4) is 5.75 Å². The molecule has 0 spiro atoms. The van der Waals surface area contributed by atoms with Crippen molar-refractivity contribution in [3.63, 3.8) is 0 Å². The average Bonchev–Trinajstić information content (AvgIpc) is 3.13. The van der Waals surface area contributed by atoms with Crippen LogP contribution in [0.25, 0.3) is 0 Å². The second kappa shape index (κ2) is 5.61. The zero-order chi connectivity index (χ0) is 13.1. The Kier molecular flexibility index (Phi) is 3.69. The number of benzene rings is 1. The zero-order valence-corrected chi connectivity index (χ0v) is 11.4. The fraction of sp³-hybridized carbons (Fsp3) is 0.533. The first-order valence-electron chi connectivity index (χ1n) is 7.05. The van der Waals surface area contributed by atoms with Gasteiger partial charge in [-0.05, 0) is 43.6 Å². The van der Waals surface area contributed by atoms with Gasteiger partial charge in [0.05, 0.1) is 19.7 Å². The van der Waals surface area contributed by atoms with Crippen molar-refractivity contribution in [2.24, 2.45) is 4.99 Å². The molecule has 1 saturated heterocycles. The normalized spacial score (nSPS) is 21.0. The molecule has 0 amide bonds. The van der Waals surface area contributed by atoms with Crippen molar-refractivity contribution in [2.45, 2.75) is 18.9 Å². The molecular formula is C15H21N3O. The summed E-state index contributed by atoms with van der Waals surface area (Å²) in [7, 11) is 1.70. The number of amidine groups is 1. The van der Waals surface area contributed by atoms with Crippen LogP contribution in [0, 0.1) is 0 Å². The van der Waals surface area contributed by atoms with Crippen LogP contribution in [0.4, 0.5) is 0 Å². The molecule has 0 bridgehead atoms. The zero-order valence-electron chi connectivity index (χ0n) is 11.4. The quantitative estimate of drug-likeness (QED) is 0.896. The van der Waals surface area contributed by atoms with Crippen LogP contribution >= 0.6 is 0 Å². The molecular weight excluding hydrogens is 238 g/mol. The summed E-state index contributed by atoms with van der Waals surface area (Å²) in [4.78, 5) is 7.16. The number of likely N-dealkylation sites (tertiary alicyclic amines) is 1. The van der Waals surface area contributed by atoms with Gasteiger partial charge in [0.2, 0.25) is 0 Å². The fourth-order valence-corrected chi connectivity index (χ4v) is 2.93. The molecule has 2 heterocycles. The Morgan fingerprint density at radius 2 is 1.95 bits per heavy atom. The lowest BCUT2D eigenvalue weighted by molar-refractivity contribution is 0.300. The van der Waals surface area contributed by atoms with Crippen molar-refractivity contribution in [2.75, 3.05) is 33.3 Å². The van der Waals surface area contributed by atoms with Gasteiger partial charge in [0.15, 0.2) is 0 Å². The molecule has 1 unspecified atom stereocenters. The van der Waals surface area contributed by atoms with E-state index in [1.165, 1.54) is 18.4 Å². The molecule has 1 aromatic carbocycles. The molecule has 2 aliphatic rings. The molecule has 4 nitrogen and oxygen atoms in total. The van der Waals surface area contributed by atoms with Crippen LogP contribution in [0.5, 0.6) is 5.75 Å². The van der Waals surface area contributed by atoms with Gasteiger partial charge >= 0.3 is 0 Å². The lowest BCUT2D eigenvalue weighted by Gasteiger charge is -2.28. The molecule has 19 heavy (non-hydrogen) atoms. The summed E-state index contributed by atoms with van der Waals surface area (Å²) in [5.41, 5.74) is 1.30. The maximum atomic E-state index is 5.24. The first-order valence-corrected chi connectivity index (χ1v) is 7.05. The maximum absolute atomic E-state index is 5.24. The SMILES string of the molecule is COc1ccc(C(C2=NCCN2)N2CCCC2)cc1. The van der Waals surface area contributed by atoms with Crippen LogP contribution in [-0.2, 0) is 0 Å². The van der Waals surface area contributed by atoms with Crippen molar-refractivity contribution >= 4 is 5.84 Å². The smallest absolute Gasteiger partial charge is 0.119 e. The standard InChI is InChI=1S/C15H21N3O/c1-19-13-6-4-12(5-7-13)14(15-16-8-9-17-15)18-10-2-3-11-18/h4-7,14H,2-3,8-11H2,1H3,(H,16,17). The summed E-state index contributed by atoms with van der Waals surface area (Å²) >= 11 is 0. The van der Waals surface area contributed by atoms with Crippen LogP contribution in [0.3, 0.4) is 0 Å². The third-order valence-corrected chi connectivity index (χ3v) is 3.90. The van der Waals surface area contributed by atoms with Gasteiger partial charge in [0.1, 0.15) is 11.6 Å². The van der Waals surface area contributed by atoms with Crippen LogP contribution in [-0.4, -0.2) is 44.0 Å². The number of ether oxygens (including phenoxy) is 1. The van der Waals surface area contributed by atoms with Gasteiger partial charge in [-0.3, -0.25) is 9.89 Å². The lowest BCUT2D eigenvalue weighted by Crippen LogP contribution is -2.37. The predicted molar refractivity (Wildman–Crippen MR) is 76.8 cm³/mol. The first kappa shape index (κ1) is 12.5. The van der Waals surface area contributed by atoms with Crippen molar-refractivity contribution < 1.29 is 4.74 Å². The molecule has 4 heteroatoms. The van der Waals surface area contributed by atoms with E-state index in [9.17, 15) is 0 Å². The lowest BCUT2D eigenvalue weighted by atomic mass is 10.0. The van der Waals surface area contributed by atoms with Gasteiger partial charge in [-0.1, -0.05) is 12.1 Å². The molecule has 3 rings (SSSR count). The Labute approximate surface area is 114 Å². The topological polar surface area (TPSA) is 36.9 Å². The highest BCUT2D eigenvalue weighted by Gasteiger charge is 2.29. The maximum Gasteiger partial charge on any atom is 0.119 e. The third kappa shape index (κ3) is 2.59. The highest BCUT2D eigenvalue weighted by atomic mass is 16.5. The molecule has 0 saturated carbocycles. The number of aliphatic imine (C=N–C) groups is 1. The summed E-state index contributed by atoms with van der Waals surface area (Å²) in [6, 6.07) is 8.67. The summed E-state index contributed by atoms with van der Waals surface area (Å²) in [5.74, 6) is 2.04. The first-order chi connectivity index (χ1) is 9.38. The van der Waals surface area contributed by atoms with Crippen LogP contribution in [0.15, 0.2) is 29.3 Å². The summed E-state index contributed by atoms with van der Waals surface area (Å²) in [6.45, 7) is 4.19. The number of rotatable bonds is 4. The molecule has 1 fully saturated rings.